The normalized spacial score (nSPS) is 17.7. The van der Waals surface area contributed by atoms with Gasteiger partial charge in [-0.25, -0.2) is 4.68 Å². The summed E-state index contributed by atoms with van der Waals surface area (Å²) in [5, 5.41) is 8.86. The topological polar surface area (TPSA) is 86.3 Å². The van der Waals surface area contributed by atoms with Gasteiger partial charge in [0.2, 0.25) is 0 Å². The van der Waals surface area contributed by atoms with Gasteiger partial charge in [-0.3, -0.25) is 14.7 Å². The zero-order valence-corrected chi connectivity index (χ0v) is 16.9. The van der Waals surface area contributed by atoms with Crippen molar-refractivity contribution < 1.29 is 9.26 Å². The molecule has 5 rings (SSSR count). The maximum Gasteiger partial charge on any atom is 0.266 e. The molecule has 0 saturated carbocycles. The number of nitrogens with zero attached hydrogens (tertiary/aromatic N) is 5. The Morgan fingerprint density at radius 2 is 1.93 bits per heavy atom. The van der Waals surface area contributed by atoms with Gasteiger partial charge in [-0.1, -0.05) is 5.16 Å². The van der Waals surface area contributed by atoms with Crippen LogP contribution in [0.4, 0.5) is 0 Å². The molecule has 3 aromatic rings. The van der Waals surface area contributed by atoms with E-state index in [-0.39, 0.29) is 5.56 Å². The second kappa shape index (κ2) is 8.49. The number of hydrogen-bond acceptors (Lipinski definition) is 7. The first-order chi connectivity index (χ1) is 14.8. The lowest BCUT2D eigenvalue weighted by atomic mass is 9.96. The van der Waals surface area contributed by atoms with Crippen molar-refractivity contribution in [2.75, 3.05) is 19.7 Å². The smallest absolute Gasteiger partial charge is 0.266 e. The van der Waals surface area contributed by atoms with E-state index in [1.165, 1.54) is 0 Å². The average Bonchev–Trinajstić information content (AvgIpc) is 3.20. The number of pyridine rings is 1. The molecule has 0 radical (unpaired) electrons. The molecule has 8 nitrogen and oxygen atoms in total. The predicted molar refractivity (Wildman–Crippen MR) is 110 cm³/mol. The summed E-state index contributed by atoms with van der Waals surface area (Å²) in [4.78, 5) is 18.8. The lowest BCUT2D eigenvalue weighted by Gasteiger charge is -2.31. The Morgan fingerprint density at radius 1 is 1.10 bits per heavy atom. The van der Waals surface area contributed by atoms with Crippen molar-refractivity contribution in [2.45, 2.75) is 39.0 Å². The molecule has 0 aliphatic carbocycles. The van der Waals surface area contributed by atoms with E-state index in [9.17, 15) is 4.79 Å². The largest absolute Gasteiger partial charge is 0.376 e. The molecule has 0 N–H and O–H groups in total. The van der Waals surface area contributed by atoms with E-state index in [1.54, 1.807) is 29.2 Å². The number of hydrogen-bond donors (Lipinski definition) is 0. The third-order valence-corrected chi connectivity index (χ3v) is 6.03. The molecule has 1 fully saturated rings. The number of fused-ring (bicyclic) bond motifs is 1. The fraction of sp³-hybridized carbons (Fsp3) is 0.455. The molecule has 156 valence electrons. The number of aromatic nitrogens is 4. The van der Waals surface area contributed by atoms with Crippen molar-refractivity contribution in [1.29, 1.82) is 0 Å². The van der Waals surface area contributed by atoms with Crippen LogP contribution in [0.1, 0.15) is 29.9 Å². The molecule has 8 heteroatoms. The van der Waals surface area contributed by atoms with E-state index in [1.807, 2.05) is 12.1 Å². The number of rotatable bonds is 5. The molecule has 0 atom stereocenters. The first-order valence-corrected chi connectivity index (χ1v) is 10.5. The minimum atomic E-state index is -0.0514. The maximum atomic E-state index is 12.3. The molecule has 0 aromatic carbocycles. The van der Waals surface area contributed by atoms with E-state index in [0.717, 1.165) is 67.2 Å². The molecule has 2 aliphatic heterocycles. The van der Waals surface area contributed by atoms with Gasteiger partial charge in [0.05, 0.1) is 18.9 Å². The minimum absolute atomic E-state index is 0.0514. The summed E-state index contributed by atoms with van der Waals surface area (Å²) < 4.78 is 12.7. The molecular formula is C22H25N5O3. The fourth-order valence-corrected chi connectivity index (χ4v) is 4.24. The van der Waals surface area contributed by atoms with E-state index < -0.39 is 0 Å². The van der Waals surface area contributed by atoms with Crippen LogP contribution < -0.4 is 5.56 Å². The predicted octanol–water partition coefficient (Wildman–Crippen LogP) is 2.28. The van der Waals surface area contributed by atoms with Crippen LogP contribution in [0.5, 0.6) is 0 Å². The molecule has 0 spiro atoms. The maximum absolute atomic E-state index is 12.3. The van der Waals surface area contributed by atoms with Crippen molar-refractivity contribution in [3.05, 3.63) is 64.0 Å². The van der Waals surface area contributed by atoms with Crippen LogP contribution in [-0.2, 0) is 30.9 Å². The Bertz CT molecular complexity index is 1050. The van der Waals surface area contributed by atoms with Gasteiger partial charge in [0.1, 0.15) is 11.5 Å². The van der Waals surface area contributed by atoms with Crippen LogP contribution >= 0.6 is 0 Å². The van der Waals surface area contributed by atoms with Crippen molar-refractivity contribution in [1.82, 2.24) is 24.8 Å². The second-order valence-corrected chi connectivity index (χ2v) is 8.03. The summed E-state index contributed by atoms with van der Waals surface area (Å²) >= 11 is 0. The number of piperidine rings is 1. The van der Waals surface area contributed by atoms with E-state index in [0.29, 0.717) is 25.7 Å². The quantitative estimate of drug-likeness (QED) is 0.641. The molecule has 5 heterocycles. The molecule has 1 saturated heterocycles. The van der Waals surface area contributed by atoms with Gasteiger partial charge in [-0.2, -0.15) is 5.10 Å². The SMILES string of the molecule is O=c1ccc(-c2ccncc2)nn1CC1CCN(Cc2noc3c2COCC3)CC1. The fourth-order valence-electron chi connectivity index (χ4n) is 4.24. The monoisotopic (exact) mass is 407 g/mol. The molecule has 2 aliphatic rings. The Hall–Kier alpha value is -2.84. The second-order valence-electron chi connectivity index (χ2n) is 8.03. The van der Waals surface area contributed by atoms with Crippen LogP contribution in [0.3, 0.4) is 0 Å². The van der Waals surface area contributed by atoms with Gasteiger partial charge in [-0.05, 0) is 50.0 Å². The first kappa shape index (κ1) is 19.1. The Balaban J connectivity index is 1.20. The van der Waals surface area contributed by atoms with E-state index in [2.05, 4.69) is 20.1 Å². The highest BCUT2D eigenvalue weighted by Crippen LogP contribution is 2.25. The summed E-state index contributed by atoms with van der Waals surface area (Å²) in [6.07, 6.45) is 6.35. The summed E-state index contributed by atoms with van der Waals surface area (Å²) in [6, 6.07) is 7.19. The van der Waals surface area contributed by atoms with Crippen molar-refractivity contribution in [3.8, 4) is 11.3 Å². The molecule has 0 amide bonds. The molecular weight excluding hydrogens is 382 g/mol. The summed E-state index contributed by atoms with van der Waals surface area (Å²) in [6.45, 7) is 4.72. The van der Waals surface area contributed by atoms with Crippen molar-refractivity contribution >= 4 is 0 Å². The molecule has 0 bridgehead atoms. The molecule has 30 heavy (non-hydrogen) atoms. The number of ether oxygens (including phenoxy) is 1. The summed E-state index contributed by atoms with van der Waals surface area (Å²) in [7, 11) is 0. The van der Waals surface area contributed by atoms with Gasteiger partial charge in [0, 0.05) is 49.1 Å². The van der Waals surface area contributed by atoms with Crippen molar-refractivity contribution in [2.24, 2.45) is 5.92 Å². The zero-order chi connectivity index (χ0) is 20.3. The lowest BCUT2D eigenvalue weighted by molar-refractivity contribution is 0.102. The van der Waals surface area contributed by atoms with Gasteiger partial charge in [0.25, 0.3) is 5.56 Å². The third-order valence-electron chi connectivity index (χ3n) is 6.03. The first-order valence-electron chi connectivity index (χ1n) is 10.5. The lowest BCUT2D eigenvalue weighted by Crippen LogP contribution is -2.36. The highest BCUT2D eigenvalue weighted by atomic mass is 16.5. The highest BCUT2D eigenvalue weighted by Gasteiger charge is 2.25. The van der Waals surface area contributed by atoms with Crippen LogP contribution in [0.15, 0.2) is 46.0 Å². The number of likely N-dealkylation sites (tertiary alicyclic amines) is 1. The summed E-state index contributed by atoms with van der Waals surface area (Å²) in [5.41, 5.74) is 3.85. The minimum Gasteiger partial charge on any atom is -0.376 e. The van der Waals surface area contributed by atoms with Crippen LogP contribution in [0, 0.1) is 5.92 Å². The van der Waals surface area contributed by atoms with Crippen LogP contribution in [0.25, 0.3) is 11.3 Å². The molecule has 3 aromatic heterocycles. The van der Waals surface area contributed by atoms with Gasteiger partial charge >= 0.3 is 0 Å². The Morgan fingerprint density at radius 3 is 2.77 bits per heavy atom. The molecule has 0 unspecified atom stereocenters. The van der Waals surface area contributed by atoms with Crippen LogP contribution in [0.2, 0.25) is 0 Å². The zero-order valence-electron chi connectivity index (χ0n) is 16.9. The van der Waals surface area contributed by atoms with Gasteiger partial charge in [0.15, 0.2) is 0 Å². The Labute approximate surface area is 174 Å². The van der Waals surface area contributed by atoms with Crippen LogP contribution in [-0.4, -0.2) is 44.5 Å². The van der Waals surface area contributed by atoms with Gasteiger partial charge < -0.3 is 9.26 Å². The van der Waals surface area contributed by atoms with Gasteiger partial charge in [-0.15, -0.1) is 0 Å². The Kier molecular flexibility index (Phi) is 5.42. The van der Waals surface area contributed by atoms with E-state index >= 15 is 0 Å². The standard InChI is InChI=1S/C22H25N5O3/c28-22-2-1-19(17-3-8-23-9-4-17)24-27(22)13-16-5-10-26(11-6-16)14-20-18-15-29-12-7-21(18)30-25-20/h1-4,8-9,16H,5-7,10-15H2. The average molecular weight is 407 g/mol. The van der Waals surface area contributed by atoms with E-state index in [4.69, 9.17) is 9.26 Å². The third kappa shape index (κ3) is 4.06. The highest BCUT2D eigenvalue weighted by molar-refractivity contribution is 5.56. The van der Waals surface area contributed by atoms with Crippen molar-refractivity contribution in [3.63, 3.8) is 0 Å². The summed E-state index contributed by atoms with van der Waals surface area (Å²) in [5.74, 6) is 1.42.